The van der Waals surface area contributed by atoms with Gasteiger partial charge >= 0.3 is 0 Å². The van der Waals surface area contributed by atoms with Crippen LogP contribution in [0.4, 0.5) is 0 Å². The minimum Gasteiger partial charge on any atom is -0.343 e. The van der Waals surface area contributed by atoms with Gasteiger partial charge in [-0.15, -0.1) is 11.3 Å². The minimum atomic E-state index is 0.0278. The average Bonchev–Trinajstić information content (AvgIpc) is 3.16. The number of hydrogen-bond acceptors (Lipinski definition) is 2. The Hall–Kier alpha value is -1.69. The lowest BCUT2D eigenvalue weighted by molar-refractivity contribution is -1.03. The molecule has 1 aromatic heterocycles. The molecule has 3 N–H and O–H groups in total. The summed E-state index contributed by atoms with van der Waals surface area (Å²) in [6.07, 6.45) is 0. The molecule has 1 aromatic carbocycles. The fourth-order valence-electron chi connectivity index (χ4n) is 4.02. The van der Waals surface area contributed by atoms with E-state index in [1.807, 2.05) is 31.2 Å². The molecule has 0 unspecified atom stereocenters. The smallest absolute Gasteiger partial charge is 0.251 e. The molecule has 0 bridgehead atoms. The first-order valence-electron chi connectivity index (χ1n) is 9.67. The van der Waals surface area contributed by atoms with Crippen molar-refractivity contribution in [1.29, 1.82) is 0 Å². The molecule has 0 saturated carbocycles. The molecule has 1 amide bonds. The summed E-state index contributed by atoms with van der Waals surface area (Å²) in [5.41, 5.74) is 1.86. The van der Waals surface area contributed by atoms with Crippen LogP contribution in [0.25, 0.3) is 0 Å². The van der Waals surface area contributed by atoms with Gasteiger partial charge in [-0.05, 0) is 44.4 Å². The monoisotopic (exact) mass is 373 g/mol. The maximum Gasteiger partial charge on any atom is 0.251 e. The Morgan fingerprint density at radius 2 is 1.96 bits per heavy atom. The summed E-state index contributed by atoms with van der Waals surface area (Å²) in [7, 11) is 0. The molecule has 4 nitrogen and oxygen atoms in total. The van der Waals surface area contributed by atoms with Crippen LogP contribution in [0.5, 0.6) is 0 Å². The standard InChI is InChI=1S/C21H29N3OS/c1-4-23-10-12-24(13-11-23)20(19-9-6-14-26-19)17(3)22-21(25)18-8-5-7-16(2)15-18/h5-9,14-15,17,20H,4,10-13H2,1-3H3,(H,22,25)/p+2/t17-,20-/m1/s1. The van der Waals surface area contributed by atoms with E-state index in [1.165, 1.54) is 24.5 Å². The third-order valence-corrected chi connectivity index (χ3v) is 6.48. The number of aryl methyl sites for hydroxylation is 1. The van der Waals surface area contributed by atoms with Crippen LogP contribution >= 0.6 is 11.3 Å². The molecule has 5 heteroatoms. The van der Waals surface area contributed by atoms with Crippen molar-refractivity contribution in [3.63, 3.8) is 0 Å². The number of hydrogen-bond donors (Lipinski definition) is 3. The molecule has 1 aliphatic heterocycles. The van der Waals surface area contributed by atoms with Crippen molar-refractivity contribution >= 4 is 17.2 Å². The quantitative estimate of drug-likeness (QED) is 0.686. The molecule has 2 atom stereocenters. The third kappa shape index (κ3) is 4.53. The second-order valence-electron chi connectivity index (χ2n) is 7.39. The van der Waals surface area contributed by atoms with Crippen molar-refractivity contribution in [2.24, 2.45) is 0 Å². The van der Waals surface area contributed by atoms with E-state index >= 15 is 0 Å². The van der Waals surface area contributed by atoms with Crippen molar-refractivity contribution in [3.8, 4) is 0 Å². The number of quaternary nitrogens is 2. The number of likely N-dealkylation sites (N-methyl/N-ethyl adjacent to an activating group) is 1. The molecule has 2 aromatic rings. The van der Waals surface area contributed by atoms with Crippen molar-refractivity contribution in [2.75, 3.05) is 32.7 Å². The Kier molecular flexibility index (Phi) is 6.46. The van der Waals surface area contributed by atoms with Gasteiger partial charge in [-0.25, -0.2) is 0 Å². The van der Waals surface area contributed by atoms with Crippen LogP contribution in [-0.4, -0.2) is 44.7 Å². The van der Waals surface area contributed by atoms with Gasteiger partial charge in [-0.3, -0.25) is 4.79 Å². The maximum absolute atomic E-state index is 12.7. The molecule has 2 heterocycles. The SMILES string of the molecule is CC[NH+]1CC[NH+]([C@@H](c2cccs2)[C@@H](C)NC(=O)c2cccc(C)c2)CC1. The van der Waals surface area contributed by atoms with Gasteiger partial charge in [0.05, 0.1) is 17.5 Å². The lowest BCUT2D eigenvalue weighted by Crippen LogP contribution is -3.28. The highest BCUT2D eigenvalue weighted by atomic mass is 32.1. The van der Waals surface area contributed by atoms with Gasteiger partial charge in [0.2, 0.25) is 0 Å². The Labute approximate surface area is 160 Å². The van der Waals surface area contributed by atoms with E-state index in [4.69, 9.17) is 0 Å². The minimum absolute atomic E-state index is 0.0278. The zero-order valence-electron chi connectivity index (χ0n) is 16.0. The molecule has 140 valence electrons. The Morgan fingerprint density at radius 1 is 1.19 bits per heavy atom. The van der Waals surface area contributed by atoms with Crippen molar-refractivity contribution in [2.45, 2.75) is 32.9 Å². The molecule has 1 saturated heterocycles. The van der Waals surface area contributed by atoms with Crippen LogP contribution in [0.15, 0.2) is 41.8 Å². The highest BCUT2D eigenvalue weighted by molar-refractivity contribution is 7.10. The zero-order chi connectivity index (χ0) is 18.5. The number of rotatable bonds is 6. The van der Waals surface area contributed by atoms with E-state index in [1.54, 1.807) is 21.1 Å². The van der Waals surface area contributed by atoms with Crippen LogP contribution in [-0.2, 0) is 0 Å². The van der Waals surface area contributed by atoms with Gasteiger partial charge in [-0.1, -0.05) is 23.8 Å². The molecule has 1 aliphatic rings. The summed E-state index contributed by atoms with van der Waals surface area (Å²) in [6, 6.07) is 12.6. The molecular formula is C21H31N3OS+2. The number of carbonyl (C=O) groups is 1. The summed E-state index contributed by atoms with van der Waals surface area (Å²) in [5.74, 6) is 0.0278. The maximum atomic E-state index is 12.7. The molecular weight excluding hydrogens is 342 g/mol. The zero-order valence-corrected chi connectivity index (χ0v) is 16.9. The van der Waals surface area contributed by atoms with Crippen LogP contribution in [0.3, 0.4) is 0 Å². The molecule has 26 heavy (non-hydrogen) atoms. The normalized spacial score (nSPS) is 22.6. The van der Waals surface area contributed by atoms with E-state index in [2.05, 4.69) is 36.7 Å². The molecule has 3 rings (SSSR count). The van der Waals surface area contributed by atoms with Gasteiger partial charge in [0, 0.05) is 5.56 Å². The highest BCUT2D eigenvalue weighted by Crippen LogP contribution is 2.20. The van der Waals surface area contributed by atoms with Crippen LogP contribution in [0.1, 0.15) is 40.7 Å². The summed E-state index contributed by atoms with van der Waals surface area (Å²) >= 11 is 1.81. The summed E-state index contributed by atoms with van der Waals surface area (Å²) in [5, 5.41) is 5.42. The predicted octanol–water partition coefficient (Wildman–Crippen LogP) is 0.719. The lowest BCUT2D eigenvalue weighted by atomic mass is 10.0. The fraction of sp³-hybridized carbons (Fsp3) is 0.476. The van der Waals surface area contributed by atoms with Crippen molar-refractivity contribution < 1.29 is 14.6 Å². The molecule has 0 aliphatic carbocycles. The lowest BCUT2D eigenvalue weighted by Gasteiger charge is -2.36. The van der Waals surface area contributed by atoms with E-state index in [0.717, 1.165) is 24.2 Å². The Bertz CT molecular complexity index is 708. The van der Waals surface area contributed by atoms with E-state index in [0.29, 0.717) is 6.04 Å². The first-order chi connectivity index (χ1) is 12.6. The van der Waals surface area contributed by atoms with Crippen LogP contribution in [0, 0.1) is 6.92 Å². The predicted molar refractivity (Wildman–Crippen MR) is 107 cm³/mol. The van der Waals surface area contributed by atoms with Crippen LogP contribution in [0.2, 0.25) is 0 Å². The third-order valence-electron chi connectivity index (χ3n) is 5.53. The highest BCUT2D eigenvalue weighted by Gasteiger charge is 2.35. The van der Waals surface area contributed by atoms with Gasteiger partial charge in [0.25, 0.3) is 5.91 Å². The largest absolute Gasteiger partial charge is 0.343 e. The van der Waals surface area contributed by atoms with Crippen molar-refractivity contribution in [3.05, 3.63) is 57.8 Å². The number of piperazine rings is 1. The number of amides is 1. The number of thiophene rings is 1. The Morgan fingerprint density at radius 3 is 2.58 bits per heavy atom. The summed E-state index contributed by atoms with van der Waals surface area (Å²) in [6.45, 7) is 12.4. The number of nitrogens with one attached hydrogen (secondary N) is 3. The molecule has 0 radical (unpaired) electrons. The Balaban J connectivity index is 1.73. The van der Waals surface area contributed by atoms with Gasteiger partial charge < -0.3 is 15.1 Å². The first-order valence-corrected chi connectivity index (χ1v) is 10.6. The summed E-state index contributed by atoms with van der Waals surface area (Å²) in [4.78, 5) is 17.4. The summed E-state index contributed by atoms with van der Waals surface area (Å²) < 4.78 is 0. The van der Waals surface area contributed by atoms with Crippen LogP contribution < -0.4 is 15.1 Å². The average molecular weight is 374 g/mol. The topological polar surface area (TPSA) is 38.0 Å². The molecule has 0 spiro atoms. The van der Waals surface area contributed by atoms with Crippen molar-refractivity contribution in [1.82, 2.24) is 5.32 Å². The van der Waals surface area contributed by atoms with E-state index in [9.17, 15) is 4.79 Å². The second kappa shape index (κ2) is 8.80. The van der Waals surface area contributed by atoms with Gasteiger partial charge in [0.1, 0.15) is 32.2 Å². The van der Waals surface area contributed by atoms with E-state index < -0.39 is 0 Å². The fourth-order valence-corrected chi connectivity index (χ4v) is 5.01. The van der Waals surface area contributed by atoms with E-state index in [-0.39, 0.29) is 11.9 Å². The number of benzene rings is 1. The number of carbonyl (C=O) groups excluding carboxylic acids is 1. The molecule has 1 fully saturated rings. The first kappa shape index (κ1) is 19.1. The van der Waals surface area contributed by atoms with Gasteiger partial charge in [0.15, 0.2) is 0 Å². The van der Waals surface area contributed by atoms with Gasteiger partial charge in [-0.2, -0.15) is 0 Å². The second-order valence-corrected chi connectivity index (χ2v) is 8.37.